The standard InChI is InChI=1S/C30H31ClFNO6S/c1-3-5-16-38-27(34)19-40-26-18-25(24(32)17-23(26)31)33(28(35)20-11-7-6-8-12-20)29(36)21-13-9-10-14-22(21)30(37)39-15-4-2/h4,6-8,11-12,17-18H,2-3,5,9-10,13-16,19H2,1H3. The molecule has 0 atom stereocenters. The number of anilines is 1. The third-order valence-corrected chi connectivity index (χ3v) is 7.53. The molecule has 10 heteroatoms. The lowest BCUT2D eigenvalue weighted by Gasteiger charge is -2.26. The second-order valence-electron chi connectivity index (χ2n) is 8.96. The fourth-order valence-electron chi connectivity index (χ4n) is 4.05. The number of ether oxygens (including phenoxy) is 2. The Kier molecular flexibility index (Phi) is 12.0. The summed E-state index contributed by atoms with van der Waals surface area (Å²) in [6.45, 7) is 5.76. The number of carbonyl (C=O) groups excluding carboxylic acids is 4. The summed E-state index contributed by atoms with van der Waals surface area (Å²) in [5, 5.41) is 0.0118. The molecule has 212 valence electrons. The maximum Gasteiger partial charge on any atom is 0.334 e. The number of esters is 2. The zero-order valence-electron chi connectivity index (χ0n) is 22.3. The molecule has 0 aromatic heterocycles. The van der Waals surface area contributed by atoms with Crippen LogP contribution in [0.15, 0.2) is 71.2 Å². The first-order valence-electron chi connectivity index (χ1n) is 13.0. The van der Waals surface area contributed by atoms with E-state index in [0.717, 1.165) is 35.6 Å². The van der Waals surface area contributed by atoms with Crippen LogP contribution in [-0.2, 0) is 23.9 Å². The molecule has 1 aliphatic rings. The average molecular weight is 588 g/mol. The molecule has 0 radical (unpaired) electrons. The van der Waals surface area contributed by atoms with Crippen LogP contribution in [0.1, 0.15) is 55.8 Å². The van der Waals surface area contributed by atoms with Gasteiger partial charge in [-0.3, -0.25) is 14.4 Å². The molecule has 1 aliphatic carbocycles. The van der Waals surface area contributed by atoms with Crippen LogP contribution in [-0.4, -0.2) is 42.7 Å². The number of hydrogen-bond donors (Lipinski definition) is 0. The van der Waals surface area contributed by atoms with E-state index >= 15 is 4.39 Å². The van der Waals surface area contributed by atoms with Gasteiger partial charge in [0.05, 0.1) is 23.1 Å². The molecule has 0 heterocycles. The summed E-state index contributed by atoms with van der Waals surface area (Å²) < 4.78 is 25.8. The molecule has 0 fully saturated rings. The van der Waals surface area contributed by atoms with E-state index in [1.165, 1.54) is 24.3 Å². The van der Waals surface area contributed by atoms with Crippen molar-refractivity contribution in [2.45, 2.75) is 50.3 Å². The summed E-state index contributed by atoms with van der Waals surface area (Å²) in [5.41, 5.74) is 0.0449. The summed E-state index contributed by atoms with van der Waals surface area (Å²) in [5.74, 6) is -3.76. The molecule has 2 aromatic rings. The van der Waals surface area contributed by atoms with Crippen molar-refractivity contribution in [1.82, 2.24) is 0 Å². The van der Waals surface area contributed by atoms with Crippen molar-refractivity contribution in [2.75, 3.05) is 23.9 Å². The number of carbonyl (C=O) groups is 4. The van der Waals surface area contributed by atoms with Crippen molar-refractivity contribution >= 4 is 52.8 Å². The predicted octanol–water partition coefficient (Wildman–Crippen LogP) is 6.69. The SMILES string of the molecule is C=CCOC(=O)C1=C(C(=O)N(C(=O)c2ccccc2)c2cc(SCC(=O)OCCCC)c(Cl)cc2F)CCCC1. The first-order valence-corrected chi connectivity index (χ1v) is 14.4. The Morgan fingerprint density at radius 2 is 1.75 bits per heavy atom. The summed E-state index contributed by atoms with van der Waals surface area (Å²) in [7, 11) is 0. The summed E-state index contributed by atoms with van der Waals surface area (Å²) in [6.07, 6.45) is 4.79. The molecular formula is C30H31ClFNO6S. The topological polar surface area (TPSA) is 90.0 Å². The highest BCUT2D eigenvalue weighted by atomic mass is 35.5. The lowest BCUT2D eigenvalue weighted by Crippen LogP contribution is -2.40. The minimum absolute atomic E-state index is 0.0118. The fourth-order valence-corrected chi connectivity index (χ4v) is 5.12. The quantitative estimate of drug-likeness (QED) is 0.0898. The van der Waals surface area contributed by atoms with Gasteiger partial charge in [0.1, 0.15) is 12.4 Å². The molecule has 2 amide bonds. The van der Waals surface area contributed by atoms with Gasteiger partial charge in [0, 0.05) is 21.6 Å². The van der Waals surface area contributed by atoms with Gasteiger partial charge in [-0.25, -0.2) is 14.1 Å². The van der Waals surface area contributed by atoms with Gasteiger partial charge in [-0.15, -0.1) is 11.8 Å². The number of hydrogen-bond acceptors (Lipinski definition) is 7. The van der Waals surface area contributed by atoms with Crippen molar-refractivity contribution in [3.8, 4) is 0 Å². The van der Waals surface area contributed by atoms with Gasteiger partial charge >= 0.3 is 11.9 Å². The van der Waals surface area contributed by atoms with Gasteiger partial charge in [-0.1, -0.05) is 55.8 Å². The molecule has 7 nitrogen and oxygen atoms in total. The van der Waals surface area contributed by atoms with Crippen molar-refractivity contribution in [2.24, 2.45) is 0 Å². The number of rotatable bonds is 12. The average Bonchev–Trinajstić information content (AvgIpc) is 2.96. The van der Waals surface area contributed by atoms with E-state index < -0.39 is 29.6 Å². The van der Waals surface area contributed by atoms with Gasteiger partial charge in [0.15, 0.2) is 0 Å². The Morgan fingerprint density at radius 1 is 1.05 bits per heavy atom. The fraction of sp³-hybridized carbons (Fsp3) is 0.333. The minimum atomic E-state index is -0.912. The van der Waals surface area contributed by atoms with Crippen molar-refractivity contribution in [3.05, 3.63) is 82.7 Å². The van der Waals surface area contributed by atoms with E-state index in [4.69, 9.17) is 21.1 Å². The van der Waals surface area contributed by atoms with Crippen LogP contribution >= 0.6 is 23.4 Å². The predicted molar refractivity (Wildman–Crippen MR) is 153 cm³/mol. The molecular weight excluding hydrogens is 557 g/mol. The third kappa shape index (κ3) is 8.05. The second kappa shape index (κ2) is 15.4. The van der Waals surface area contributed by atoms with E-state index in [1.807, 2.05) is 6.92 Å². The lowest BCUT2D eigenvalue weighted by atomic mass is 9.90. The Hall–Kier alpha value is -3.43. The smallest absolute Gasteiger partial charge is 0.334 e. The number of nitrogens with zero attached hydrogens (tertiary/aromatic N) is 1. The molecule has 40 heavy (non-hydrogen) atoms. The van der Waals surface area contributed by atoms with Gasteiger partial charge in [0.25, 0.3) is 11.8 Å². The van der Waals surface area contributed by atoms with Crippen LogP contribution in [0.3, 0.4) is 0 Å². The summed E-state index contributed by atoms with van der Waals surface area (Å²) in [4.78, 5) is 53.6. The minimum Gasteiger partial charge on any atom is -0.465 e. The van der Waals surface area contributed by atoms with Crippen LogP contribution in [0.5, 0.6) is 0 Å². The Balaban J connectivity index is 2.04. The van der Waals surface area contributed by atoms with Crippen molar-refractivity contribution in [3.63, 3.8) is 0 Å². The molecule has 0 saturated heterocycles. The summed E-state index contributed by atoms with van der Waals surface area (Å²) >= 11 is 7.28. The molecule has 2 aromatic carbocycles. The zero-order chi connectivity index (χ0) is 29.1. The number of unbranched alkanes of at least 4 members (excludes halogenated alkanes) is 1. The zero-order valence-corrected chi connectivity index (χ0v) is 23.8. The Labute approximate surface area is 242 Å². The number of amides is 2. The van der Waals surface area contributed by atoms with E-state index in [-0.39, 0.29) is 57.5 Å². The number of thioether (sulfide) groups is 1. The van der Waals surface area contributed by atoms with Crippen LogP contribution in [0.25, 0.3) is 0 Å². The largest absolute Gasteiger partial charge is 0.465 e. The first-order chi connectivity index (χ1) is 19.3. The molecule has 0 spiro atoms. The molecule has 3 rings (SSSR count). The number of benzene rings is 2. The molecule has 0 N–H and O–H groups in total. The van der Waals surface area contributed by atoms with Gasteiger partial charge in [-0.05, 0) is 56.4 Å². The maximum atomic E-state index is 15.5. The van der Waals surface area contributed by atoms with Crippen LogP contribution in [0.4, 0.5) is 10.1 Å². The Bertz CT molecular complexity index is 1300. The van der Waals surface area contributed by atoms with E-state index in [0.29, 0.717) is 19.4 Å². The molecule has 0 aliphatic heterocycles. The number of halogens is 2. The van der Waals surface area contributed by atoms with E-state index in [9.17, 15) is 19.2 Å². The number of imide groups is 1. The van der Waals surface area contributed by atoms with Crippen LogP contribution in [0.2, 0.25) is 5.02 Å². The maximum absolute atomic E-state index is 15.5. The summed E-state index contributed by atoms with van der Waals surface area (Å²) in [6, 6.07) is 10.2. The lowest BCUT2D eigenvalue weighted by molar-refractivity contribution is -0.140. The van der Waals surface area contributed by atoms with Gasteiger partial charge in [-0.2, -0.15) is 0 Å². The van der Waals surface area contributed by atoms with Gasteiger partial charge in [0.2, 0.25) is 0 Å². The van der Waals surface area contributed by atoms with Crippen LogP contribution < -0.4 is 4.90 Å². The van der Waals surface area contributed by atoms with Crippen molar-refractivity contribution in [1.29, 1.82) is 0 Å². The normalized spacial score (nSPS) is 13.0. The highest BCUT2D eigenvalue weighted by Crippen LogP contribution is 2.36. The van der Waals surface area contributed by atoms with E-state index in [1.54, 1.807) is 18.2 Å². The highest BCUT2D eigenvalue weighted by molar-refractivity contribution is 8.00. The van der Waals surface area contributed by atoms with Crippen LogP contribution in [0, 0.1) is 5.82 Å². The van der Waals surface area contributed by atoms with Crippen molar-refractivity contribution < 1.29 is 33.0 Å². The molecule has 0 saturated carbocycles. The van der Waals surface area contributed by atoms with E-state index in [2.05, 4.69) is 6.58 Å². The first kappa shape index (κ1) is 31.1. The monoisotopic (exact) mass is 587 g/mol. The molecule has 0 unspecified atom stereocenters. The second-order valence-corrected chi connectivity index (χ2v) is 10.4. The van der Waals surface area contributed by atoms with Gasteiger partial charge < -0.3 is 9.47 Å². The Morgan fingerprint density at radius 3 is 2.42 bits per heavy atom. The third-order valence-electron chi connectivity index (χ3n) is 6.08. The molecule has 0 bridgehead atoms. The highest BCUT2D eigenvalue weighted by Gasteiger charge is 2.34.